The summed E-state index contributed by atoms with van der Waals surface area (Å²) < 4.78 is 2.05. The minimum absolute atomic E-state index is 0.00837. The van der Waals surface area contributed by atoms with Crippen LogP contribution in [0.25, 0.3) is 11.1 Å². The molecule has 1 saturated carbocycles. The number of carbonyl (C=O) groups excluding carboxylic acids is 3. The Kier molecular flexibility index (Phi) is 6.91. The van der Waals surface area contributed by atoms with Crippen molar-refractivity contribution in [2.75, 3.05) is 42.7 Å². The van der Waals surface area contributed by atoms with Gasteiger partial charge in [0.05, 0.1) is 35.5 Å². The second-order valence-electron chi connectivity index (χ2n) is 11.5. The number of pyridine rings is 1. The smallest absolute Gasteiger partial charge is 0.273 e. The van der Waals surface area contributed by atoms with Crippen molar-refractivity contribution >= 4 is 40.6 Å². The fourth-order valence-electron chi connectivity index (χ4n) is 5.84. The van der Waals surface area contributed by atoms with E-state index in [1.807, 2.05) is 41.0 Å². The number of carbonyl (C=O) groups is 3. The molecule has 3 aromatic heterocycles. The van der Waals surface area contributed by atoms with Gasteiger partial charge in [-0.25, -0.2) is 0 Å². The van der Waals surface area contributed by atoms with Gasteiger partial charge < -0.3 is 25.8 Å². The van der Waals surface area contributed by atoms with E-state index in [4.69, 9.17) is 5.10 Å². The molecule has 1 aliphatic carbocycles. The first-order chi connectivity index (χ1) is 21.4. The van der Waals surface area contributed by atoms with Crippen LogP contribution in [0.3, 0.4) is 0 Å². The van der Waals surface area contributed by atoms with Gasteiger partial charge >= 0.3 is 0 Å². The molecule has 5 heterocycles. The molecule has 0 bridgehead atoms. The molecule has 2 fully saturated rings. The van der Waals surface area contributed by atoms with Gasteiger partial charge in [0.1, 0.15) is 5.69 Å². The quantitative estimate of drug-likeness (QED) is 0.281. The fourth-order valence-corrected chi connectivity index (χ4v) is 5.84. The summed E-state index contributed by atoms with van der Waals surface area (Å²) in [5.41, 5.74) is 5.92. The molecule has 4 aromatic rings. The fraction of sp³-hybridized carbons (Fsp3) is 0.323. The second-order valence-corrected chi connectivity index (χ2v) is 11.5. The Labute approximate surface area is 253 Å². The zero-order chi connectivity index (χ0) is 30.4. The molecule has 224 valence electrons. The third-order valence-electron chi connectivity index (χ3n) is 8.31. The van der Waals surface area contributed by atoms with Crippen LogP contribution in [0, 0.1) is 11.8 Å². The number of para-hydroxylation sites is 1. The molecule has 13 nitrogen and oxygen atoms in total. The summed E-state index contributed by atoms with van der Waals surface area (Å²) in [5.74, 6) is 0.0820. The van der Waals surface area contributed by atoms with E-state index in [2.05, 4.69) is 42.1 Å². The summed E-state index contributed by atoms with van der Waals surface area (Å²) >= 11 is 0. The first-order valence-electron chi connectivity index (χ1n) is 14.7. The summed E-state index contributed by atoms with van der Waals surface area (Å²) in [6.45, 7) is 2.68. The largest absolute Gasteiger partial charge is 0.366 e. The number of anilines is 4. The van der Waals surface area contributed by atoms with E-state index in [0.29, 0.717) is 36.9 Å². The van der Waals surface area contributed by atoms with Gasteiger partial charge in [-0.2, -0.15) is 5.10 Å². The highest BCUT2D eigenvalue weighted by Gasteiger charge is 2.34. The average Bonchev–Trinajstić information content (AvgIpc) is 3.80. The van der Waals surface area contributed by atoms with Gasteiger partial charge in [-0.1, -0.05) is 18.2 Å². The van der Waals surface area contributed by atoms with Crippen molar-refractivity contribution in [3.8, 4) is 11.1 Å². The van der Waals surface area contributed by atoms with E-state index >= 15 is 0 Å². The maximum Gasteiger partial charge on any atom is 0.273 e. The van der Waals surface area contributed by atoms with Gasteiger partial charge in [0.2, 0.25) is 5.91 Å². The Bertz CT molecular complexity index is 1760. The molecule has 0 spiro atoms. The number of nitrogens with one attached hydrogen (secondary N) is 3. The van der Waals surface area contributed by atoms with E-state index in [9.17, 15) is 14.4 Å². The first kappa shape index (κ1) is 27.5. The standard InChI is InChI=1S/C31H32N10O3/c1-32-30(43)27-24(12-26(37-38-27)36-29(42)19-9-10-19)35-22-8-5-6-20-21-13-34-41(25(21)17-39(2)28(20)22)16-18-14-40(15-18)31(44)23-7-3-4-11-33-23/h3-8,11-13,18-19H,9-10,14-17H2,1-2H3,(H,32,43)(H2,35,36,37,42). The average molecular weight is 593 g/mol. The van der Waals surface area contributed by atoms with Gasteiger partial charge in [0.25, 0.3) is 11.8 Å². The monoisotopic (exact) mass is 592 g/mol. The number of aromatic nitrogens is 5. The van der Waals surface area contributed by atoms with Crippen molar-refractivity contribution in [2.45, 2.75) is 25.9 Å². The van der Waals surface area contributed by atoms with Crippen molar-refractivity contribution in [3.63, 3.8) is 0 Å². The minimum Gasteiger partial charge on any atom is -0.366 e. The topological polar surface area (TPSA) is 150 Å². The molecule has 7 rings (SSSR count). The predicted molar refractivity (Wildman–Crippen MR) is 163 cm³/mol. The van der Waals surface area contributed by atoms with Crippen molar-refractivity contribution in [1.29, 1.82) is 0 Å². The normalized spacial score (nSPS) is 15.6. The van der Waals surface area contributed by atoms with Crippen LogP contribution in [0.1, 0.15) is 39.5 Å². The molecular formula is C31H32N10O3. The summed E-state index contributed by atoms with van der Waals surface area (Å²) in [6, 6.07) is 13.0. The lowest BCUT2D eigenvalue weighted by Gasteiger charge is -2.39. The Morgan fingerprint density at radius 2 is 1.84 bits per heavy atom. The summed E-state index contributed by atoms with van der Waals surface area (Å²) in [6.07, 6.45) is 5.27. The van der Waals surface area contributed by atoms with Crippen LogP contribution < -0.4 is 20.9 Å². The van der Waals surface area contributed by atoms with Crippen LogP contribution in [-0.4, -0.2) is 74.8 Å². The van der Waals surface area contributed by atoms with Crippen molar-refractivity contribution < 1.29 is 14.4 Å². The third kappa shape index (κ3) is 5.10. The maximum absolute atomic E-state index is 12.7. The number of likely N-dealkylation sites (tertiary alicyclic amines) is 1. The number of amides is 3. The number of hydrogen-bond donors (Lipinski definition) is 3. The Morgan fingerprint density at radius 3 is 2.59 bits per heavy atom. The molecule has 13 heteroatoms. The van der Waals surface area contributed by atoms with Gasteiger partial charge in [0, 0.05) is 69.0 Å². The number of rotatable bonds is 8. The lowest BCUT2D eigenvalue weighted by molar-refractivity contribution is -0.117. The summed E-state index contributed by atoms with van der Waals surface area (Å²) in [4.78, 5) is 45.9. The molecule has 44 heavy (non-hydrogen) atoms. The van der Waals surface area contributed by atoms with Crippen molar-refractivity contribution in [2.24, 2.45) is 11.8 Å². The number of fused-ring (bicyclic) bond motifs is 3. The van der Waals surface area contributed by atoms with E-state index in [1.165, 1.54) is 7.05 Å². The SMILES string of the molecule is CNC(=O)c1nnc(NC(=O)C2CC2)cc1Nc1cccc2c1N(C)Cc1c-2cnn1CC1CN(C(=O)c2ccccn2)C1. The zero-order valence-corrected chi connectivity index (χ0v) is 24.4. The minimum atomic E-state index is -0.391. The zero-order valence-electron chi connectivity index (χ0n) is 24.4. The Balaban J connectivity index is 1.12. The van der Waals surface area contributed by atoms with Crippen LogP contribution in [0.2, 0.25) is 0 Å². The highest BCUT2D eigenvalue weighted by molar-refractivity contribution is 6.01. The Morgan fingerprint density at radius 1 is 1.00 bits per heavy atom. The third-order valence-corrected chi connectivity index (χ3v) is 8.31. The lowest BCUT2D eigenvalue weighted by atomic mass is 9.96. The van der Waals surface area contributed by atoms with E-state index < -0.39 is 5.91 Å². The van der Waals surface area contributed by atoms with E-state index in [0.717, 1.165) is 47.6 Å². The van der Waals surface area contributed by atoms with Crippen LogP contribution in [0.4, 0.5) is 22.9 Å². The van der Waals surface area contributed by atoms with E-state index in [1.54, 1.807) is 24.4 Å². The number of benzene rings is 1. The van der Waals surface area contributed by atoms with Crippen LogP contribution in [0.5, 0.6) is 0 Å². The molecule has 3 amide bonds. The van der Waals surface area contributed by atoms with Crippen LogP contribution in [0.15, 0.2) is 54.9 Å². The second kappa shape index (κ2) is 11.1. The van der Waals surface area contributed by atoms with Gasteiger partial charge in [-0.15, -0.1) is 10.2 Å². The predicted octanol–water partition coefficient (Wildman–Crippen LogP) is 2.91. The van der Waals surface area contributed by atoms with Gasteiger partial charge in [-0.05, 0) is 31.0 Å². The molecule has 0 radical (unpaired) electrons. The van der Waals surface area contributed by atoms with Gasteiger partial charge in [-0.3, -0.25) is 24.0 Å². The highest BCUT2D eigenvalue weighted by Crippen LogP contribution is 2.44. The summed E-state index contributed by atoms with van der Waals surface area (Å²) in [7, 11) is 3.56. The molecule has 0 atom stereocenters. The van der Waals surface area contributed by atoms with Crippen molar-refractivity contribution in [3.05, 3.63) is 71.9 Å². The molecule has 0 unspecified atom stereocenters. The molecule has 1 saturated heterocycles. The maximum atomic E-state index is 12.7. The van der Waals surface area contributed by atoms with Crippen molar-refractivity contribution in [1.82, 2.24) is 35.2 Å². The number of nitrogens with zero attached hydrogens (tertiary/aromatic N) is 7. The molecule has 1 aromatic carbocycles. The number of hydrogen-bond acceptors (Lipinski definition) is 9. The summed E-state index contributed by atoms with van der Waals surface area (Å²) in [5, 5.41) is 21.8. The van der Waals surface area contributed by atoms with Crippen LogP contribution in [-0.2, 0) is 17.9 Å². The Hall–Kier alpha value is -5.33. The molecule has 3 N–H and O–H groups in total. The molecular weight excluding hydrogens is 560 g/mol. The lowest BCUT2D eigenvalue weighted by Crippen LogP contribution is -2.51. The first-order valence-corrected chi connectivity index (χ1v) is 14.7. The van der Waals surface area contributed by atoms with Crippen LogP contribution >= 0.6 is 0 Å². The molecule has 3 aliphatic rings. The molecule has 2 aliphatic heterocycles. The highest BCUT2D eigenvalue weighted by atomic mass is 16.2. The van der Waals surface area contributed by atoms with E-state index in [-0.39, 0.29) is 29.2 Å². The van der Waals surface area contributed by atoms with Gasteiger partial charge in [0.15, 0.2) is 11.5 Å².